The van der Waals surface area contributed by atoms with Gasteiger partial charge in [0.1, 0.15) is 4.32 Å². The Balaban J connectivity index is 1.80. The molecule has 0 aromatic heterocycles. The van der Waals surface area contributed by atoms with Crippen LogP contribution in [-0.4, -0.2) is 46.7 Å². The Kier molecular flexibility index (Phi) is 5.39. The first-order valence-electron chi connectivity index (χ1n) is 6.33. The van der Waals surface area contributed by atoms with Crippen LogP contribution in [-0.2, 0) is 10.5 Å². The van der Waals surface area contributed by atoms with Crippen molar-refractivity contribution in [3.8, 4) is 6.07 Å². The van der Waals surface area contributed by atoms with Crippen LogP contribution in [0.4, 0.5) is 0 Å². The summed E-state index contributed by atoms with van der Waals surface area (Å²) in [6, 6.07) is 9.66. The van der Waals surface area contributed by atoms with Gasteiger partial charge in [-0.3, -0.25) is 4.79 Å². The fourth-order valence-electron chi connectivity index (χ4n) is 1.92. The van der Waals surface area contributed by atoms with Crippen LogP contribution >= 0.6 is 24.0 Å². The quantitative estimate of drug-likeness (QED) is 0.630. The number of hydrogen-bond donors (Lipinski definition) is 0. The van der Waals surface area contributed by atoms with E-state index in [1.807, 2.05) is 24.3 Å². The van der Waals surface area contributed by atoms with Crippen molar-refractivity contribution in [1.82, 2.24) is 9.80 Å². The number of piperazine rings is 1. The lowest BCUT2D eigenvalue weighted by Gasteiger charge is -2.33. The SMILES string of the molecule is N#Cc1ccc(CSC(=S)N2CCN(C=O)CC2)cc1. The normalized spacial score (nSPS) is 14.8. The van der Waals surface area contributed by atoms with E-state index in [0.717, 1.165) is 48.2 Å². The van der Waals surface area contributed by atoms with Crippen LogP contribution in [0.3, 0.4) is 0 Å². The number of nitrogens with zero attached hydrogens (tertiary/aromatic N) is 3. The molecule has 1 aliphatic rings. The molecule has 1 saturated heterocycles. The highest BCUT2D eigenvalue weighted by Crippen LogP contribution is 2.18. The molecule has 4 nitrogen and oxygen atoms in total. The van der Waals surface area contributed by atoms with Gasteiger partial charge < -0.3 is 9.80 Å². The second-order valence-electron chi connectivity index (χ2n) is 4.49. The van der Waals surface area contributed by atoms with Crippen LogP contribution in [0.1, 0.15) is 11.1 Å². The van der Waals surface area contributed by atoms with Gasteiger partial charge in [-0.25, -0.2) is 0 Å². The molecule has 20 heavy (non-hydrogen) atoms. The fraction of sp³-hybridized carbons (Fsp3) is 0.357. The number of nitriles is 1. The van der Waals surface area contributed by atoms with Crippen molar-refractivity contribution in [2.75, 3.05) is 26.2 Å². The molecule has 1 aromatic rings. The Morgan fingerprint density at radius 1 is 1.30 bits per heavy atom. The molecule has 0 saturated carbocycles. The number of benzene rings is 1. The van der Waals surface area contributed by atoms with E-state index in [1.54, 1.807) is 16.7 Å². The van der Waals surface area contributed by atoms with E-state index in [4.69, 9.17) is 17.5 Å². The first-order valence-corrected chi connectivity index (χ1v) is 7.72. The molecule has 1 aromatic carbocycles. The molecule has 1 fully saturated rings. The van der Waals surface area contributed by atoms with Gasteiger partial charge in [-0.05, 0) is 17.7 Å². The Hall–Kier alpha value is -1.58. The molecule has 0 atom stereocenters. The lowest BCUT2D eigenvalue weighted by molar-refractivity contribution is -0.119. The lowest BCUT2D eigenvalue weighted by Crippen LogP contribution is -2.46. The Morgan fingerprint density at radius 2 is 1.95 bits per heavy atom. The molecular formula is C14H15N3OS2. The minimum atomic E-state index is 0.673. The Bertz CT molecular complexity index is 516. The van der Waals surface area contributed by atoms with Crippen molar-refractivity contribution >= 4 is 34.7 Å². The first kappa shape index (κ1) is 14.8. The lowest BCUT2D eigenvalue weighted by atomic mass is 10.2. The molecule has 6 heteroatoms. The minimum Gasteiger partial charge on any atom is -0.354 e. The number of rotatable bonds is 3. The maximum atomic E-state index is 10.6. The van der Waals surface area contributed by atoms with Crippen LogP contribution in [0.15, 0.2) is 24.3 Å². The largest absolute Gasteiger partial charge is 0.354 e. The fourth-order valence-corrected chi connectivity index (χ4v) is 3.13. The third kappa shape index (κ3) is 3.95. The highest BCUT2D eigenvalue weighted by atomic mass is 32.2. The van der Waals surface area contributed by atoms with Crippen LogP contribution in [0.2, 0.25) is 0 Å². The number of carbonyl (C=O) groups excluding carboxylic acids is 1. The van der Waals surface area contributed by atoms with Crippen molar-refractivity contribution in [2.45, 2.75) is 5.75 Å². The van der Waals surface area contributed by atoms with Gasteiger partial charge in [0.05, 0.1) is 11.6 Å². The predicted molar refractivity (Wildman–Crippen MR) is 84.3 cm³/mol. The van der Waals surface area contributed by atoms with Crippen molar-refractivity contribution in [3.05, 3.63) is 35.4 Å². The zero-order valence-electron chi connectivity index (χ0n) is 11.0. The summed E-state index contributed by atoms with van der Waals surface area (Å²) < 4.78 is 0.875. The summed E-state index contributed by atoms with van der Waals surface area (Å²) in [7, 11) is 0. The standard InChI is InChI=1S/C14H15N3OS2/c15-9-12-1-3-13(4-2-12)10-20-14(19)17-7-5-16(11-18)6-8-17/h1-4,11H,5-8,10H2. The predicted octanol–water partition coefficient (Wildman–Crippen LogP) is 1.85. The molecular weight excluding hydrogens is 290 g/mol. The highest BCUT2D eigenvalue weighted by Gasteiger charge is 2.17. The van der Waals surface area contributed by atoms with Gasteiger partial charge in [0.15, 0.2) is 0 Å². The van der Waals surface area contributed by atoms with Crippen LogP contribution in [0.5, 0.6) is 0 Å². The maximum absolute atomic E-state index is 10.6. The molecule has 0 unspecified atom stereocenters. The summed E-state index contributed by atoms with van der Waals surface area (Å²) in [6.45, 7) is 3.08. The molecule has 104 valence electrons. The first-order chi connectivity index (χ1) is 9.72. The van der Waals surface area contributed by atoms with Crippen LogP contribution < -0.4 is 0 Å². The molecule has 0 bridgehead atoms. The summed E-state index contributed by atoms with van der Waals surface area (Å²) >= 11 is 7.05. The average Bonchev–Trinajstić information content (AvgIpc) is 2.53. The molecule has 2 rings (SSSR count). The van der Waals surface area contributed by atoms with Gasteiger partial charge in [-0.1, -0.05) is 36.1 Å². The number of amides is 1. The van der Waals surface area contributed by atoms with E-state index in [1.165, 1.54) is 0 Å². The van der Waals surface area contributed by atoms with E-state index in [0.29, 0.717) is 5.56 Å². The Morgan fingerprint density at radius 3 is 2.50 bits per heavy atom. The third-order valence-electron chi connectivity index (χ3n) is 3.17. The molecule has 1 aliphatic heterocycles. The summed E-state index contributed by atoms with van der Waals surface area (Å²) in [5.74, 6) is 0.804. The molecule has 1 heterocycles. The average molecular weight is 305 g/mol. The van der Waals surface area contributed by atoms with Gasteiger partial charge in [-0.2, -0.15) is 5.26 Å². The van der Waals surface area contributed by atoms with Gasteiger partial charge >= 0.3 is 0 Å². The van der Waals surface area contributed by atoms with E-state index >= 15 is 0 Å². The monoisotopic (exact) mass is 305 g/mol. The molecule has 0 radical (unpaired) electrons. The van der Waals surface area contributed by atoms with E-state index in [9.17, 15) is 4.79 Å². The van der Waals surface area contributed by atoms with Gasteiger partial charge in [0, 0.05) is 31.9 Å². The summed E-state index contributed by atoms with van der Waals surface area (Å²) in [5, 5.41) is 8.75. The number of thiocarbonyl (C=S) groups is 1. The molecule has 1 amide bonds. The minimum absolute atomic E-state index is 0.673. The van der Waals surface area contributed by atoms with Gasteiger partial charge in [0.2, 0.25) is 6.41 Å². The van der Waals surface area contributed by atoms with Crippen molar-refractivity contribution in [1.29, 1.82) is 5.26 Å². The van der Waals surface area contributed by atoms with Gasteiger partial charge in [-0.15, -0.1) is 0 Å². The maximum Gasteiger partial charge on any atom is 0.209 e. The molecule has 0 spiro atoms. The van der Waals surface area contributed by atoms with Crippen LogP contribution in [0.25, 0.3) is 0 Å². The topological polar surface area (TPSA) is 47.3 Å². The van der Waals surface area contributed by atoms with E-state index in [2.05, 4.69) is 11.0 Å². The Labute approximate surface area is 128 Å². The zero-order chi connectivity index (χ0) is 14.4. The molecule has 0 aliphatic carbocycles. The highest BCUT2D eigenvalue weighted by molar-refractivity contribution is 8.22. The van der Waals surface area contributed by atoms with Crippen molar-refractivity contribution < 1.29 is 4.79 Å². The van der Waals surface area contributed by atoms with E-state index < -0.39 is 0 Å². The number of carbonyl (C=O) groups is 1. The second kappa shape index (κ2) is 7.27. The van der Waals surface area contributed by atoms with Crippen molar-refractivity contribution in [2.24, 2.45) is 0 Å². The zero-order valence-corrected chi connectivity index (χ0v) is 12.6. The van der Waals surface area contributed by atoms with Crippen molar-refractivity contribution in [3.63, 3.8) is 0 Å². The van der Waals surface area contributed by atoms with Gasteiger partial charge in [0.25, 0.3) is 0 Å². The summed E-state index contributed by atoms with van der Waals surface area (Å²) in [5.41, 5.74) is 1.83. The molecule has 0 N–H and O–H groups in total. The third-order valence-corrected chi connectivity index (χ3v) is 4.76. The number of thioether (sulfide) groups is 1. The van der Waals surface area contributed by atoms with Crippen LogP contribution in [0, 0.1) is 11.3 Å². The smallest absolute Gasteiger partial charge is 0.209 e. The second-order valence-corrected chi connectivity index (χ2v) is 6.10. The summed E-state index contributed by atoms with van der Waals surface area (Å²) in [4.78, 5) is 14.6. The summed E-state index contributed by atoms with van der Waals surface area (Å²) in [6.07, 6.45) is 0.893. The number of hydrogen-bond acceptors (Lipinski definition) is 4. The van der Waals surface area contributed by atoms with E-state index in [-0.39, 0.29) is 0 Å².